The first kappa shape index (κ1) is 15.2. The van der Waals surface area contributed by atoms with Crippen molar-refractivity contribution in [3.63, 3.8) is 0 Å². The molecule has 1 aliphatic rings. The number of hydrogen-bond donors (Lipinski definition) is 0. The summed E-state index contributed by atoms with van der Waals surface area (Å²) in [5.41, 5.74) is -0.0764. The molecule has 1 rings (SSSR count). The van der Waals surface area contributed by atoms with Crippen LogP contribution in [0.5, 0.6) is 0 Å². The zero-order chi connectivity index (χ0) is 14.6. The third-order valence-electron chi connectivity index (χ3n) is 2.10. The normalized spacial score (nSPS) is 15.5. The molecule has 19 heavy (non-hydrogen) atoms. The molecule has 1 heterocycles. The highest BCUT2D eigenvalue weighted by Gasteiger charge is 2.24. The summed E-state index contributed by atoms with van der Waals surface area (Å²) in [5, 5.41) is 0. The first-order valence-corrected chi connectivity index (χ1v) is 6.22. The van der Waals surface area contributed by atoms with E-state index in [1.165, 1.54) is 11.1 Å². The summed E-state index contributed by atoms with van der Waals surface area (Å²) < 4.78 is 10.9. The SMILES string of the molecule is [C]#CC1=CN(C(=O)OC(C)(C)C)CC(OC(C)C)=C1. The van der Waals surface area contributed by atoms with Gasteiger partial charge in [0.25, 0.3) is 0 Å². The number of rotatable bonds is 2. The Morgan fingerprint density at radius 2 is 2.11 bits per heavy atom. The maximum atomic E-state index is 12.0. The lowest BCUT2D eigenvalue weighted by Gasteiger charge is -2.28. The average Bonchev–Trinajstić information content (AvgIpc) is 2.25. The summed E-state index contributed by atoms with van der Waals surface area (Å²) in [6.45, 7) is 9.55. The van der Waals surface area contributed by atoms with Crippen molar-refractivity contribution in [1.82, 2.24) is 4.90 Å². The number of ether oxygens (including phenoxy) is 2. The van der Waals surface area contributed by atoms with Crippen molar-refractivity contribution in [2.75, 3.05) is 6.54 Å². The molecule has 0 spiro atoms. The van der Waals surface area contributed by atoms with E-state index >= 15 is 0 Å². The van der Waals surface area contributed by atoms with E-state index in [0.29, 0.717) is 17.9 Å². The Labute approximate surface area is 115 Å². The Hall–Kier alpha value is -1.89. The van der Waals surface area contributed by atoms with Crippen LogP contribution in [-0.2, 0) is 9.47 Å². The molecule has 1 radical (unpaired) electrons. The van der Waals surface area contributed by atoms with E-state index in [9.17, 15) is 4.79 Å². The minimum Gasteiger partial charge on any atom is -0.493 e. The molecule has 0 fully saturated rings. The number of hydrogen-bond acceptors (Lipinski definition) is 3. The maximum absolute atomic E-state index is 12.0. The smallest absolute Gasteiger partial charge is 0.414 e. The fourth-order valence-corrected chi connectivity index (χ4v) is 1.52. The summed E-state index contributed by atoms with van der Waals surface area (Å²) in [5.74, 6) is 2.88. The van der Waals surface area contributed by atoms with Crippen molar-refractivity contribution in [1.29, 1.82) is 0 Å². The minimum atomic E-state index is -0.556. The van der Waals surface area contributed by atoms with Crippen LogP contribution in [0.4, 0.5) is 4.79 Å². The predicted molar refractivity (Wildman–Crippen MR) is 72.5 cm³/mol. The van der Waals surface area contributed by atoms with Crippen LogP contribution < -0.4 is 0 Å². The molecule has 0 aromatic rings. The number of carbonyl (C=O) groups is 1. The molecule has 4 heteroatoms. The lowest BCUT2D eigenvalue weighted by molar-refractivity contribution is 0.0301. The quantitative estimate of drug-likeness (QED) is 0.718. The van der Waals surface area contributed by atoms with Gasteiger partial charge in [0.1, 0.15) is 11.4 Å². The van der Waals surface area contributed by atoms with Gasteiger partial charge in [-0.2, -0.15) is 0 Å². The second kappa shape index (κ2) is 5.83. The van der Waals surface area contributed by atoms with Gasteiger partial charge in [0.05, 0.1) is 12.6 Å². The molecular formula is C15H20NO3. The minimum absolute atomic E-state index is 0.0109. The van der Waals surface area contributed by atoms with Gasteiger partial charge in [-0.25, -0.2) is 4.79 Å². The van der Waals surface area contributed by atoms with Crippen LogP contribution in [0.1, 0.15) is 34.6 Å². The first-order chi connectivity index (χ1) is 8.71. The molecule has 0 N–H and O–H groups in total. The van der Waals surface area contributed by atoms with E-state index in [2.05, 4.69) is 5.92 Å². The Bertz CT molecular complexity index is 447. The summed E-state index contributed by atoms with van der Waals surface area (Å²) >= 11 is 0. The summed E-state index contributed by atoms with van der Waals surface area (Å²) in [7, 11) is 0. The van der Waals surface area contributed by atoms with Crippen molar-refractivity contribution in [2.45, 2.75) is 46.3 Å². The molecular weight excluding hydrogens is 242 g/mol. The van der Waals surface area contributed by atoms with Crippen molar-refractivity contribution in [3.8, 4) is 5.92 Å². The summed E-state index contributed by atoms with van der Waals surface area (Å²) in [6.07, 6.45) is 9.97. The van der Waals surface area contributed by atoms with Gasteiger partial charge in [0.15, 0.2) is 0 Å². The van der Waals surface area contributed by atoms with Crippen LogP contribution in [0.25, 0.3) is 0 Å². The van der Waals surface area contributed by atoms with E-state index in [-0.39, 0.29) is 6.10 Å². The third-order valence-corrected chi connectivity index (χ3v) is 2.10. The van der Waals surface area contributed by atoms with Crippen molar-refractivity contribution >= 4 is 6.09 Å². The van der Waals surface area contributed by atoms with Crippen molar-refractivity contribution in [2.24, 2.45) is 0 Å². The Kier molecular flexibility index (Phi) is 4.66. The van der Waals surface area contributed by atoms with Gasteiger partial charge in [0, 0.05) is 11.8 Å². The molecule has 0 saturated heterocycles. The van der Waals surface area contributed by atoms with Crippen LogP contribution in [0, 0.1) is 12.3 Å². The first-order valence-electron chi connectivity index (χ1n) is 6.22. The number of nitrogens with zero attached hydrogens (tertiary/aromatic N) is 1. The second-order valence-electron chi connectivity index (χ2n) is 5.59. The van der Waals surface area contributed by atoms with Crippen molar-refractivity contribution < 1.29 is 14.3 Å². The van der Waals surface area contributed by atoms with Crippen LogP contribution >= 0.6 is 0 Å². The molecule has 4 nitrogen and oxygen atoms in total. The lowest BCUT2D eigenvalue weighted by Crippen LogP contribution is -2.36. The molecule has 0 unspecified atom stereocenters. The van der Waals surface area contributed by atoms with E-state index < -0.39 is 11.7 Å². The van der Waals surface area contributed by atoms with Gasteiger partial charge in [0.2, 0.25) is 0 Å². The fourth-order valence-electron chi connectivity index (χ4n) is 1.52. The van der Waals surface area contributed by atoms with Crippen LogP contribution in [0.3, 0.4) is 0 Å². The summed E-state index contributed by atoms with van der Waals surface area (Å²) in [6, 6.07) is 0. The fraction of sp³-hybridized carbons (Fsp3) is 0.533. The standard InChI is InChI=1S/C15H20NO3/c1-7-12-8-13(18-11(2)3)10-16(9-12)14(17)19-15(4,5)6/h8-9,11H,10H2,2-6H3. The molecule has 0 aromatic carbocycles. The van der Waals surface area contributed by atoms with Gasteiger partial charge < -0.3 is 9.47 Å². The van der Waals surface area contributed by atoms with E-state index in [1.54, 1.807) is 6.08 Å². The van der Waals surface area contributed by atoms with Gasteiger partial charge in [-0.3, -0.25) is 4.90 Å². The van der Waals surface area contributed by atoms with Crippen LogP contribution in [-0.4, -0.2) is 29.2 Å². The molecule has 0 saturated carbocycles. The topological polar surface area (TPSA) is 38.8 Å². The van der Waals surface area contributed by atoms with Gasteiger partial charge in [-0.05, 0) is 47.1 Å². The predicted octanol–water partition coefficient (Wildman–Crippen LogP) is 3.02. The van der Waals surface area contributed by atoms with E-state index in [1.807, 2.05) is 34.6 Å². The second-order valence-corrected chi connectivity index (χ2v) is 5.59. The van der Waals surface area contributed by atoms with E-state index in [4.69, 9.17) is 15.9 Å². The number of amides is 1. The third kappa shape index (κ3) is 5.09. The van der Waals surface area contributed by atoms with Crippen molar-refractivity contribution in [3.05, 3.63) is 30.0 Å². The molecule has 0 aliphatic carbocycles. The molecule has 103 valence electrons. The van der Waals surface area contributed by atoms with Gasteiger partial charge in [-0.15, -0.1) is 0 Å². The zero-order valence-corrected chi connectivity index (χ0v) is 12.1. The molecule has 0 bridgehead atoms. The number of allylic oxidation sites excluding steroid dienone is 2. The molecule has 0 aromatic heterocycles. The Balaban J connectivity index is 2.83. The van der Waals surface area contributed by atoms with Crippen LogP contribution in [0.2, 0.25) is 0 Å². The highest BCUT2D eigenvalue weighted by atomic mass is 16.6. The molecule has 1 amide bonds. The zero-order valence-electron chi connectivity index (χ0n) is 12.1. The lowest BCUT2D eigenvalue weighted by atomic mass is 10.2. The maximum Gasteiger partial charge on any atom is 0.414 e. The highest BCUT2D eigenvalue weighted by molar-refractivity contribution is 5.71. The Morgan fingerprint density at radius 3 is 2.58 bits per heavy atom. The van der Waals surface area contributed by atoms with Gasteiger partial charge in [-0.1, -0.05) is 5.92 Å². The monoisotopic (exact) mass is 262 g/mol. The molecule has 1 aliphatic heterocycles. The van der Waals surface area contributed by atoms with Gasteiger partial charge >= 0.3 is 6.09 Å². The summed E-state index contributed by atoms with van der Waals surface area (Å²) in [4.78, 5) is 13.4. The highest BCUT2D eigenvalue weighted by Crippen LogP contribution is 2.18. The number of carbonyl (C=O) groups excluding carboxylic acids is 1. The average molecular weight is 262 g/mol. The Morgan fingerprint density at radius 1 is 1.47 bits per heavy atom. The van der Waals surface area contributed by atoms with E-state index in [0.717, 1.165) is 0 Å². The largest absolute Gasteiger partial charge is 0.493 e. The molecule has 0 atom stereocenters. The van der Waals surface area contributed by atoms with Crippen LogP contribution in [0.15, 0.2) is 23.6 Å².